The van der Waals surface area contributed by atoms with E-state index in [0.29, 0.717) is 27.0 Å². The Hall–Kier alpha value is -3.78. The molecule has 0 radical (unpaired) electrons. The van der Waals surface area contributed by atoms with Crippen LogP contribution in [-0.2, 0) is 5.88 Å². The normalized spacial score (nSPS) is 11.3. The minimum atomic E-state index is -0.232. The quantitative estimate of drug-likeness (QED) is 0.311. The van der Waals surface area contributed by atoms with Crippen molar-refractivity contribution in [2.24, 2.45) is 0 Å². The number of aromatic nitrogens is 5. The van der Waals surface area contributed by atoms with Gasteiger partial charge in [-0.1, -0.05) is 59.4 Å². The Balaban J connectivity index is 1.66. The van der Waals surface area contributed by atoms with Gasteiger partial charge in [0.05, 0.1) is 27.9 Å². The van der Waals surface area contributed by atoms with E-state index in [1.807, 2.05) is 56.3 Å². The van der Waals surface area contributed by atoms with Crippen LogP contribution < -0.4 is 11.1 Å². The summed E-state index contributed by atoms with van der Waals surface area (Å²) in [6, 6.07) is 20.3. The van der Waals surface area contributed by atoms with E-state index in [-0.39, 0.29) is 17.0 Å². The minimum Gasteiger partial charge on any atom is -0.268 e. The van der Waals surface area contributed by atoms with Gasteiger partial charge in [-0.05, 0) is 49.2 Å². The van der Waals surface area contributed by atoms with Crippen LogP contribution in [0, 0.1) is 13.8 Å². The van der Waals surface area contributed by atoms with Crippen molar-refractivity contribution in [1.29, 1.82) is 0 Å². The topological polar surface area (TPSA) is 82.7 Å². The predicted molar refractivity (Wildman–Crippen MR) is 126 cm³/mol. The van der Waals surface area contributed by atoms with Crippen LogP contribution in [-0.4, -0.2) is 24.5 Å². The molecule has 0 atom stereocenters. The molecular formula is C24H19N5O2S. The summed E-state index contributed by atoms with van der Waals surface area (Å²) < 4.78 is 2.93. The van der Waals surface area contributed by atoms with Crippen LogP contribution in [0.5, 0.6) is 0 Å². The molecule has 3 aromatic carbocycles. The molecule has 0 aliphatic rings. The van der Waals surface area contributed by atoms with E-state index in [9.17, 15) is 9.59 Å². The molecule has 0 saturated carbocycles. The van der Waals surface area contributed by atoms with Crippen molar-refractivity contribution in [3.63, 3.8) is 0 Å². The predicted octanol–water partition coefficient (Wildman–Crippen LogP) is 3.86. The van der Waals surface area contributed by atoms with Gasteiger partial charge in [-0.3, -0.25) is 14.2 Å². The fraction of sp³-hybridized carbons (Fsp3) is 0.125. The fourth-order valence-electron chi connectivity index (χ4n) is 3.79. The summed E-state index contributed by atoms with van der Waals surface area (Å²) in [5, 5.41) is 9.74. The zero-order valence-electron chi connectivity index (χ0n) is 17.5. The second-order valence-electron chi connectivity index (χ2n) is 7.48. The highest BCUT2D eigenvalue weighted by molar-refractivity contribution is 7.98. The molecule has 0 saturated heterocycles. The number of para-hydroxylation sites is 2. The Morgan fingerprint density at radius 3 is 2.12 bits per heavy atom. The van der Waals surface area contributed by atoms with Gasteiger partial charge in [0.25, 0.3) is 11.1 Å². The van der Waals surface area contributed by atoms with Crippen molar-refractivity contribution in [1.82, 2.24) is 24.5 Å². The van der Waals surface area contributed by atoms with Crippen molar-refractivity contribution in [2.45, 2.75) is 24.9 Å². The van der Waals surface area contributed by atoms with Gasteiger partial charge in [0.2, 0.25) is 0 Å². The van der Waals surface area contributed by atoms with Gasteiger partial charge in [0.15, 0.2) is 5.16 Å². The van der Waals surface area contributed by atoms with E-state index < -0.39 is 0 Å². The number of rotatable bonds is 4. The van der Waals surface area contributed by atoms with Gasteiger partial charge >= 0.3 is 0 Å². The van der Waals surface area contributed by atoms with Crippen LogP contribution in [0.3, 0.4) is 0 Å². The van der Waals surface area contributed by atoms with Gasteiger partial charge in [-0.25, -0.2) is 4.98 Å². The SMILES string of the molecule is Cc1cccc(C)c1-n1c(SCn2nnc3ccccc3c2=O)nc2ccccc2c1=O. The third-order valence-corrected chi connectivity index (χ3v) is 6.26. The molecule has 5 rings (SSSR count). The Kier molecular flexibility index (Phi) is 5.07. The Morgan fingerprint density at radius 2 is 1.41 bits per heavy atom. The second-order valence-corrected chi connectivity index (χ2v) is 8.39. The maximum absolute atomic E-state index is 13.5. The lowest BCUT2D eigenvalue weighted by Gasteiger charge is -2.17. The minimum absolute atomic E-state index is 0.146. The standard InChI is InChI=1S/C24H19N5O2S/c1-15-8-7-9-16(2)21(15)29-23(31)17-10-3-5-12-19(17)25-24(29)32-14-28-22(30)18-11-4-6-13-20(18)26-27-28/h3-13H,14H2,1-2H3. The van der Waals surface area contributed by atoms with Crippen LogP contribution in [0.2, 0.25) is 0 Å². The van der Waals surface area contributed by atoms with Gasteiger partial charge in [0, 0.05) is 0 Å². The van der Waals surface area contributed by atoms with Gasteiger partial charge < -0.3 is 0 Å². The van der Waals surface area contributed by atoms with E-state index in [1.54, 1.807) is 28.8 Å². The molecule has 0 aliphatic heterocycles. The smallest absolute Gasteiger partial charge is 0.268 e. The number of hydrogen-bond donors (Lipinski definition) is 0. The van der Waals surface area contributed by atoms with E-state index in [2.05, 4.69) is 10.3 Å². The van der Waals surface area contributed by atoms with Crippen molar-refractivity contribution in [2.75, 3.05) is 0 Å². The van der Waals surface area contributed by atoms with E-state index in [4.69, 9.17) is 4.98 Å². The van der Waals surface area contributed by atoms with Crippen molar-refractivity contribution in [3.05, 3.63) is 98.6 Å². The first-order valence-electron chi connectivity index (χ1n) is 10.1. The van der Waals surface area contributed by atoms with Crippen LogP contribution in [0.25, 0.3) is 27.5 Å². The van der Waals surface area contributed by atoms with E-state index in [0.717, 1.165) is 16.8 Å². The summed E-state index contributed by atoms with van der Waals surface area (Å²) >= 11 is 1.28. The van der Waals surface area contributed by atoms with E-state index >= 15 is 0 Å². The second kappa shape index (κ2) is 8.05. The maximum Gasteiger partial charge on any atom is 0.278 e. The van der Waals surface area contributed by atoms with Gasteiger partial charge in [0.1, 0.15) is 5.52 Å². The van der Waals surface area contributed by atoms with Crippen LogP contribution in [0.1, 0.15) is 11.1 Å². The largest absolute Gasteiger partial charge is 0.278 e. The molecule has 5 aromatic rings. The zero-order valence-corrected chi connectivity index (χ0v) is 18.3. The molecular weight excluding hydrogens is 422 g/mol. The van der Waals surface area contributed by atoms with Crippen LogP contribution in [0.15, 0.2) is 81.5 Å². The Morgan fingerprint density at radius 1 is 0.781 bits per heavy atom. The van der Waals surface area contributed by atoms with E-state index in [1.165, 1.54) is 16.4 Å². The summed E-state index contributed by atoms with van der Waals surface area (Å²) in [7, 11) is 0. The Labute approximate surface area is 187 Å². The number of nitrogens with zero attached hydrogens (tertiary/aromatic N) is 5. The molecule has 32 heavy (non-hydrogen) atoms. The highest BCUT2D eigenvalue weighted by atomic mass is 32.2. The first kappa shape index (κ1) is 20.1. The summed E-state index contributed by atoms with van der Waals surface area (Å²) in [4.78, 5) is 31.1. The number of hydrogen-bond acceptors (Lipinski definition) is 6. The summed E-state index contributed by atoms with van der Waals surface area (Å²) in [6.45, 7) is 3.94. The maximum atomic E-state index is 13.5. The third kappa shape index (κ3) is 3.38. The lowest BCUT2D eigenvalue weighted by atomic mass is 10.1. The lowest BCUT2D eigenvalue weighted by molar-refractivity contribution is 0.642. The molecule has 158 valence electrons. The summed E-state index contributed by atoms with van der Waals surface area (Å²) in [6.07, 6.45) is 0. The highest BCUT2D eigenvalue weighted by Gasteiger charge is 2.17. The molecule has 0 unspecified atom stereocenters. The molecule has 8 heteroatoms. The number of thioether (sulfide) groups is 1. The third-order valence-electron chi connectivity index (χ3n) is 5.35. The van der Waals surface area contributed by atoms with Crippen LogP contribution in [0.4, 0.5) is 0 Å². The molecule has 2 aromatic heterocycles. The summed E-state index contributed by atoms with van der Waals surface area (Å²) in [5.74, 6) is 0.173. The van der Waals surface area contributed by atoms with Crippen LogP contribution >= 0.6 is 11.8 Å². The number of fused-ring (bicyclic) bond motifs is 2. The molecule has 0 aliphatic carbocycles. The summed E-state index contributed by atoms with van der Waals surface area (Å²) in [5.41, 5.74) is 3.52. The molecule has 0 amide bonds. The fourth-order valence-corrected chi connectivity index (χ4v) is 4.66. The van der Waals surface area contributed by atoms with Crippen molar-refractivity contribution in [3.8, 4) is 5.69 Å². The highest BCUT2D eigenvalue weighted by Crippen LogP contribution is 2.26. The average Bonchev–Trinajstić information content (AvgIpc) is 2.80. The Bertz CT molecular complexity index is 1590. The average molecular weight is 442 g/mol. The van der Waals surface area contributed by atoms with Crippen molar-refractivity contribution < 1.29 is 0 Å². The number of aryl methyl sites for hydroxylation is 2. The molecule has 0 bridgehead atoms. The monoisotopic (exact) mass is 441 g/mol. The lowest BCUT2D eigenvalue weighted by Crippen LogP contribution is -2.25. The molecule has 0 N–H and O–H groups in total. The molecule has 0 fully saturated rings. The van der Waals surface area contributed by atoms with Crippen molar-refractivity contribution >= 4 is 33.6 Å². The molecule has 0 spiro atoms. The first-order valence-corrected chi connectivity index (χ1v) is 11.1. The van der Waals surface area contributed by atoms with Gasteiger partial charge in [-0.15, -0.1) is 5.10 Å². The molecule has 7 nitrogen and oxygen atoms in total. The number of benzene rings is 3. The van der Waals surface area contributed by atoms with Gasteiger partial charge in [-0.2, -0.15) is 4.68 Å². The molecule has 2 heterocycles. The first-order chi connectivity index (χ1) is 15.5. The zero-order chi connectivity index (χ0) is 22.2.